The summed E-state index contributed by atoms with van der Waals surface area (Å²) in [4.78, 5) is 11.0. The van der Waals surface area contributed by atoms with Gasteiger partial charge in [0.2, 0.25) is 0 Å². The first-order valence-electron chi connectivity index (χ1n) is 5.26. The van der Waals surface area contributed by atoms with E-state index >= 15 is 0 Å². The molecule has 1 aromatic heterocycles. The summed E-state index contributed by atoms with van der Waals surface area (Å²) >= 11 is 0. The number of hydrogen-bond donors (Lipinski definition) is 2. The fourth-order valence-electron chi connectivity index (χ4n) is 2.26. The number of carboxylic acid groups (broad SMARTS) is 1. The highest BCUT2D eigenvalue weighted by Gasteiger charge is 2.25. The molecule has 17 heavy (non-hydrogen) atoms. The Morgan fingerprint density at radius 1 is 1.41 bits per heavy atom. The number of halogens is 1. The molecule has 0 radical (unpaired) electrons. The molecule has 2 aromatic rings. The van der Waals surface area contributed by atoms with Gasteiger partial charge >= 0.3 is 5.97 Å². The van der Waals surface area contributed by atoms with Crippen LogP contribution in [0.3, 0.4) is 0 Å². The number of hydrogen-bond acceptors (Lipinski definition) is 2. The maximum absolute atomic E-state index is 13.2. The minimum atomic E-state index is -1.03. The maximum atomic E-state index is 13.2. The zero-order valence-corrected chi connectivity index (χ0v) is 8.83. The van der Waals surface area contributed by atoms with Crippen LogP contribution in [0.1, 0.15) is 21.6 Å². The quantitative estimate of drug-likeness (QED) is 0.790. The van der Waals surface area contributed by atoms with E-state index in [4.69, 9.17) is 5.11 Å². The normalized spacial score (nSPS) is 13.0. The molecule has 0 saturated heterocycles. The minimum Gasteiger partial charge on any atom is -0.477 e. The average Bonchev–Trinajstić information content (AvgIpc) is 2.72. The number of H-pyrrole nitrogens is 1. The van der Waals surface area contributed by atoms with Crippen molar-refractivity contribution in [3.05, 3.63) is 40.8 Å². The fraction of sp³-hybridized carbons (Fsp3) is 0.167. The third kappa shape index (κ3) is 1.43. The van der Waals surface area contributed by atoms with Crippen molar-refractivity contribution in [3.63, 3.8) is 0 Å². The predicted octanol–water partition coefficient (Wildman–Crippen LogP) is 2.01. The second kappa shape index (κ2) is 3.41. The molecule has 2 N–H and O–H groups in total. The zero-order valence-electron chi connectivity index (χ0n) is 8.83. The molecule has 0 unspecified atom stereocenters. The van der Waals surface area contributed by atoms with Gasteiger partial charge in [0.25, 0.3) is 0 Å². The summed E-state index contributed by atoms with van der Waals surface area (Å²) in [5.41, 5.74) is 3.02. The molecule has 0 amide bonds. The molecular formula is C12H9FN2O2. The molecule has 0 spiro atoms. The van der Waals surface area contributed by atoms with Gasteiger partial charge in [-0.1, -0.05) is 6.07 Å². The number of nitrogens with zero attached hydrogens (tertiary/aromatic N) is 1. The highest BCUT2D eigenvalue weighted by Crippen LogP contribution is 2.33. The van der Waals surface area contributed by atoms with Crippen LogP contribution in [0.2, 0.25) is 0 Å². The molecule has 86 valence electrons. The van der Waals surface area contributed by atoms with E-state index in [9.17, 15) is 9.18 Å². The smallest absolute Gasteiger partial charge is 0.354 e. The standard InChI is InChI=1S/C12H9FN2O2/c13-7-3-1-6-2-4-8-10(9(6)5-7)14-15-11(8)12(16)17/h1,3,5H,2,4H2,(H,14,15)(H,16,17). The molecule has 0 bridgehead atoms. The number of nitrogens with one attached hydrogen (secondary N) is 1. The summed E-state index contributed by atoms with van der Waals surface area (Å²) < 4.78 is 13.2. The Hall–Kier alpha value is -2.17. The number of carbonyl (C=O) groups is 1. The molecule has 1 aliphatic carbocycles. The Morgan fingerprint density at radius 3 is 3.00 bits per heavy atom. The molecule has 1 aliphatic rings. The summed E-state index contributed by atoms with van der Waals surface area (Å²) in [6.45, 7) is 0. The van der Waals surface area contributed by atoms with Gasteiger partial charge in [-0.3, -0.25) is 5.10 Å². The van der Waals surface area contributed by atoms with Crippen LogP contribution in [-0.4, -0.2) is 21.3 Å². The van der Waals surface area contributed by atoms with Crippen LogP contribution >= 0.6 is 0 Å². The van der Waals surface area contributed by atoms with E-state index in [1.807, 2.05) is 0 Å². The maximum Gasteiger partial charge on any atom is 0.354 e. The van der Waals surface area contributed by atoms with Gasteiger partial charge in [-0.15, -0.1) is 0 Å². The molecule has 0 saturated carbocycles. The van der Waals surface area contributed by atoms with Gasteiger partial charge in [0, 0.05) is 11.1 Å². The lowest BCUT2D eigenvalue weighted by Gasteiger charge is -2.15. The first-order valence-corrected chi connectivity index (χ1v) is 5.26. The molecule has 0 fully saturated rings. The topological polar surface area (TPSA) is 66.0 Å². The Bertz CT molecular complexity index is 619. The van der Waals surface area contributed by atoms with Gasteiger partial charge in [-0.05, 0) is 30.5 Å². The van der Waals surface area contributed by atoms with Gasteiger partial charge in [-0.25, -0.2) is 9.18 Å². The van der Waals surface area contributed by atoms with Crippen LogP contribution in [0.4, 0.5) is 4.39 Å². The average molecular weight is 232 g/mol. The van der Waals surface area contributed by atoms with Crippen LogP contribution in [-0.2, 0) is 12.8 Å². The van der Waals surface area contributed by atoms with E-state index in [1.165, 1.54) is 12.1 Å². The van der Waals surface area contributed by atoms with E-state index in [1.54, 1.807) is 6.07 Å². The van der Waals surface area contributed by atoms with Crippen molar-refractivity contribution < 1.29 is 14.3 Å². The van der Waals surface area contributed by atoms with E-state index in [-0.39, 0.29) is 11.5 Å². The predicted molar refractivity (Wildman–Crippen MR) is 58.3 cm³/mol. The molecule has 1 heterocycles. The highest BCUT2D eigenvalue weighted by atomic mass is 19.1. The molecule has 0 atom stereocenters. The summed E-state index contributed by atoms with van der Waals surface area (Å²) in [5.74, 6) is -1.37. The number of aromatic carboxylic acids is 1. The van der Waals surface area contributed by atoms with Crippen LogP contribution in [0.5, 0.6) is 0 Å². The Morgan fingerprint density at radius 2 is 2.24 bits per heavy atom. The first kappa shape index (κ1) is 10.0. The van der Waals surface area contributed by atoms with Crippen molar-refractivity contribution in [3.8, 4) is 11.3 Å². The summed E-state index contributed by atoms with van der Waals surface area (Å²) in [6, 6.07) is 4.54. The number of carboxylic acids is 1. The highest BCUT2D eigenvalue weighted by molar-refractivity contribution is 5.90. The number of aryl methyl sites for hydroxylation is 1. The lowest BCUT2D eigenvalue weighted by molar-refractivity contribution is 0.0689. The molecular weight excluding hydrogens is 223 g/mol. The van der Waals surface area contributed by atoms with Crippen molar-refractivity contribution in [2.24, 2.45) is 0 Å². The minimum absolute atomic E-state index is 0.106. The number of fused-ring (bicyclic) bond motifs is 3. The van der Waals surface area contributed by atoms with Crippen LogP contribution in [0, 0.1) is 5.82 Å². The van der Waals surface area contributed by atoms with E-state index in [2.05, 4.69) is 10.2 Å². The van der Waals surface area contributed by atoms with E-state index < -0.39 is 5.97 Å². The van der Waals surface area contributed by atoms with Gasteiger partial charge < -0.3 is 5.11 Å². The second-order valence-electron chi connectivity index (χ2n) is 4.03. The Labute approximate surface area is 96.1 Å². The molecule has 4 nitrogen and oxygen atoms in total. The molecule has 1 aromatic carbocycles. The van der Waals surface area contributed by atoms with Crippen LogP contribution < -0.4 is 0 Å². The van der Waals surface area contributed by atoms with Crippen molar-refractivity contribution in [1.29, 1.82) is 0 Å². The molecule has 5 heteroatoms. The zero-order chi connectivity index (χ0) is 12.0. The van der Waals surface area contributed by atoms with Crippen molar-refractivity contribution in [2.75, 3.05) is 0 Å². The Kier molecular flexibility index (Phi) is 2.01. The number of aromatic amines is 1. The third-order valence-corrected chi connectivity index (χ3v) is 3.05. The largest absolute Gasteiger partial charge is 0.477 e. The van der Waals surface area contributed by atoms with Gasteiger partial charge in [0.15, 0.2) is 0 Å². The monoisotopic (exact) mass is 232 g/mol. The van der Waals surface area contributed by atoms with E-state index in [0.29, 0.717) is 29.7 Å². The number of benzene rings is 1. The first-order chi connectivity index (χ1) is 8.16. The summed E-state index contributed by atoms with van der Waals surface area (Å²) in [7, 11) is 0. The second-order valence-corrected chi connectivity index (χ2v) is 4.03. The number of aromatic nitrogens is 2. The van der Waals surface area contributed by atoms with Crippen LogP contribution in [0.15, 0.2) is 18.2 Å². The van der Waals surface area contributed by atoms with Crippen LogP contribution in [0.25, 0.3) is 11.3 Å². The van der Waals surface area contributed by atoms with Gasteiger partial charge in [0.1, 0.15) is 11.5 Å². The van der Waals surface area contributed by atoms with Crippen molar-refractivity contribution in [1.82, 2.24) is 10.2 Å². The van der Waals surface area contributed by atoms with Gasteiger partial charge in [-0.2, -0.15) is 5.10 Å². The van der Waals surface area contributed by atoms with Crippen molar-refractivity contribution in [2.45, 2.75) is 12.8 Å². The fourth-order valence-corrected chi connectivity index (χ4v) is 2.26. The number of rotatable bonds is 1. The summed E-state index contributed by atoms with van der Waals surface area (Å²) in [6.07, 6.45) is 1.33. The Balaban J connectivity index is 2.23. The van der Waals surface area contributed by atoms with E-state index in [0.717, 1.165) is 5.56 Å². The molecule has 3 rings (SSSR count). The lowest BCUT2D eigenvalue weighted by Crippen LogP contribution is -2.07. The SMILES string of the molecule is O=C(O)c1[nH]nc2c1CCc1ccc(F)cc1-2. The third-order valence-electron chi connectivity index (χ3n) is 3.05. The lowest BCUT2D eigenvalue weighted by atomic mass is 9.89. The molecule has 0 aliphatic heterocycles. The summed E-state index contributed by atoms with van der Waals surface area (Å²) in [5, 5.41) is 15.5. The van der Waals surface area contributed by atoms with Gasteiger partial charge in [0.05, 0.1) is 5.69 Å². The van der Waals surface area contributed by atoms with Crippen molar-refractivity contribution >= 4 is 5.97 Å².